The SMILES string of the molecule is C=C(C=O)CO.C=C(O)C=O.CCCCCC1CCC(C2CCC(c3cc(CCOC)cc(CCOC)c3)CC2)CC1. The third-order valence-electron chi connectivity index (χ3n) is 8.79. The maximum Gasteiger partial charge on any atom is 0.183 e. The molecule has 0 saturated heterocycles. The van der Waals surface area contributed by atoms with Gasteiger partial charge in [0.15, 0.2) is 6.29 Å². The van der Waals surface area contributed by atoms with Gasteiger partial charge in [-0.05, 0) is 91.7 Å². The summed E-state index contributed by atoms with van der Waals surface area (Å²) in [6.45, 7) is 9.74. The predicted molar refractivity (Wildman–Crippen MR) is 172 cm³/mol. The van der Waals surface area contributed by atoms with Crippen LogP contribution in [0.4, 0.5) is 0 Å². The molecule has 0 bridgehead atoms. The number of carbonyl (C=O) groups is 2. The van der Waals surface area contributed by atoms with Crippen LogP contribution in [-0.4, -0.2) is 56.8 Å². The van der Waals surface area contributed by atoms with Crippen molar-refractivity contribution in [2.75, 3.05) is 34.0 Å². The van der Waals surface area contributed by atoms with E-state index in [4.69, 9.17) is 24.5 Å². The highest BCUT2D eigenvalue weighted by molar-refractivity contribution is 5.72. The molecule has 2 saturated carbocycles. The monoisotopic (exact) mass is 586 g/mol. The van der Waals surface area contributed by atoms with Gasteiger partial charge in [-0.1, -0.05) is 76.8 Å². The number of hydrogen-bond donors (Lipinski definition) is 2. The van der Waals surface area contributed by atoms with E-state index in [2.05, 4.69) is 38.3 Å². The Morgan fingerprint density at radius 3 is 1.71 bits per heavy atom. The quantitative estimate of drug-likeness (QED) is 0.0946. The number of carbonyl (C=O) groups excluding carboxylic acids is 2. The number of aliphatic hydroxyl groups excluding tert-OH is 2. The molecule has 0 unspecified atom stereocenters. The molecule has 0 spiro atoms. The van der Waals surface area contributed by atoms with Crippen LogP contribution in [0.3, 0.4) is 0 Å². The molecule has 238 valence electrons. The van der Waals surface area contributed by atoms with Crippen molar-refractivity contribution in [2.45, 2.75) is 103 Å². The van der Waals surface area contributed by atoms with Gasteiger partial charge >= 0.3 is 0 Å². The zero-order chi connectivity index (χ0) is 31.2. The topological polar surface area (TPSA) is 93.1 Å². The number of methoxy groups -OCH3 is 2. The number of aliphatic hydroxyl groups is 2. The fraction of sp³-hybridized carbons (Fsp3) is 0.667. The predicted octanol–water partition coefficient (Wildman–Crippen LogP) is 7.72. The maximum absolute atomic E-state index is 9.48. The normalized spacial score (nSPS) is 21.6. The van der Waals surface area contributed by atoms with Gasteiger partial charge in [0.05, 0.1) is 19.8 Å². The van der Waals surface area contributed by atoms with Crippen molar-refractivity contribution in [1.29, 1.82) is 0 Å². The Hall–Kier alpha value is -2.28. The van der Waals surface area contributed by atoms with Crippen LogP contribution in [0.5, 0.6) is 0 Å². The van der Waals surface area contributed by atoms with Crippen LogP contribution in [0.1, 0.15) is 107 Å². The van der Waals surface area contributed by atoms with Crippen LogP contribution >= 0.6 is 0 Å². The van der Waals surface area contributed by atoms with Crippen molar-refractivity contribution in [3.8, 4) is 0 Å². The van der Waals surface area contributed by atoms with Crippen molar-refractivity contribution in [2.24, 2.45) is 17.8 Å². The van der Waals surface area contributed by atoms with Crippen LogP contribution in [0.15, 0.2) is 42.7 Å². The van der Waals surface area contributed by atoms with E-state index < -0.39 is 5.76 Å². The number of unbranched alkanes of at least 4 members (excludes halogenated alkanes) is 2. The van der Waals surface area contributed by atoms with Crippen LogP contribution in [-0.2, 0) is 31.9 Å². The first-order valence-electron chi connectivity index (χ1n) is 16.0. The molecule has 1 aromatic carbocycles. The average molecular weight is 587 g/mol. The molecule has 2 N–H and O–H groups in total. The number of hydrogen-bond acceptors (Lipinski definition) is 6. The minimum absolute atomic E-state index is 0.218. The van der Waals surface area contributed by atoms with Crippen LogP contribution in [0.2, 0.25) is 0 Å². The van der Waals surface area contributed by atoms with Crippen molar-refractivity contribution in [3.05, 3.63) is 59.4 Å². The summed E-state index contributed by atoms with van der Waals surface area (Å²) in [5, 5.41) is 15.8. The molecule has 6 heteroatoms. The Kier molecular flexibility index (Phi) is 20.9. The molecule has 3 rings (SSSR count). The van der Waals surface area contributed by atoms with Crippen LogP contribution < -0.4 is 0 Å². The van der Waals surface area contributed by atoms with Gasteiger partial charge in [0.25, 0.3) is 0 Å². The lowest BCUT2D eigenvalue weighted by atomic mass is 9.68. The Bertz CT molecular complexity index is 868. The summed E-state index contributed by atoms with van der Waals surface area (Å²) in [4.78, 5) is 18.6. The summed E-state index contributed by atoms with van der Waals surface area (Å²) in [6.07, 6.45) is 20.3. The minimum Gasteiger partial charge on any atom is -0.505 e. The van der Waals surface area contributed by atoms with E-state index in [0.29, 0.717) is 6.29 Å². The summed E-state index contributed by atoms with van der Waals surface area (Å²) in [5.74, 6) is 3.39. The highest BCUT2D eigenvalue weighted by atomic mass is 16.5. The van der Waals surface area contributed by atoms with Crippen molar-refractivity contribution >= 4 is 12.6 Å². The molecule has 0 amide bonds. The Balaban J connectivity index is 0.000000682. The lowest BCUT2D eigenvalue weighted by Crippen LogP contribution is -2.25. The molecule has 2 aliphatic carbocycles. The molecule has 6 nitrogen and oxygen atoms in total. The van der Waals surface area contributed by atoms with Crippen molar-refractivity contribution < 1.29 is 29.3 Å². The van der Waals surface area contributed by atoms with Crippen molar-refractivity contribution in [3.63, 3.8) is 0 Å². The minimum atomic E-state index is -0.426. The fourth-order valence-electron chi connectivity index (χ4n) is 6.35. The smallest absolute Gasteiger partial charge is 0.183 e. The number of benzene rings is 1. The van der Waals surface area contributed by atoms with Crippen LogP contribution in [0, 0.1) is 17.8 Å². The number of ether oxygens (including phenoxy) is 2. The molecular formula is C36H58O6. The third kappa shape index (κ3) is 15.8. The highest BCUT2D eigenvalue weighted by Gasteiger charge is 2.31. The standard InChI is InChI=1S/C29H48O2.C4H6O2.C3H4O2/c1-4-5-6-7-23-8-10-26(11-9-23)27-12-14-28(15-13-27)29-21-24(16-18-30-2)20-25(22-29)17-19-31-3;1-4(2-5)3-6;1-3(5)2-4/h20-23,26-28H,4-19H2,1-3H3;2,6H,1,3H2;2,5H,1H2. The molecule has 42 heavy (non-hydrogen) atoms. The maximum atomic E-state index is 9.48. The van der Waals surface area contributed by atoms with E-state index in [1.165, 1.54) is 88.2 Å². The number of rotatable bonds is 15. The Morgan fingerprint density at radius 2 is 1.33 bits per heavy atom. The van der Waals surface area contributed by atoms with E-state index >= 15 is 0 Å². The third-order valence-corrected chi connectivity index (χ3v) is 8.79. The zero-order valence-corrected chi connectivity index (χ0v) is 26.7. The second-order valence-electron chi connectivity index (χ2n) is 12.0. The summed E-state index contributed by atoms with van der Waals surface area (Å²) in [7, 11) is 3.60. The van der Waals surface area contributed by atoms with Gasteiger partial charge in [-0.3, -0.25) is 9.59 Å². The molecular weight excluding hydrogens is 528 g/mol. The van der Waals surface area contributed by atoms with Gasteiger partial charge < -0.3 is 19.7 Å². The lowest BCUT2D eigenvalue weighted by Gasteiger charge is -2.38. The molecule has 0 radical (unpaired) electrons. The molecule has 0 aliphatic heterocycles. The van der Waals surface area contributed by atoms with Gasteiger partial charge in [0, 0.05) is 19.8 Å². The van der Waals surface area contributed by atoms with E-state index in [1.807, 2.05) is 0 Å². The number of allylic oxidation sites excluding steroid dienone is 1. The second-order valence-corrected chi connectivity index (χ2v) is 12.0. The van der Waals surface area contributed by atoms with Crippen molar-refractivity contribution in [1.82, 2.24) is 0 Å². The van der Waals surface area contributed by atoms with E-state index in [1.54, 1.807) is 19.8 Å². The molecule has 2 fully saturated rings. The largest absolute Gasteiger partial charge is 0.505 e. The second kappa shape index (κ2) is 23.2. The lowest BCUT2D eigenvalue weighted by molar-refractivity contribution is -0.107. The molecule has 0 aromatic heterocycles. The first-order valence-corrected chi connectivity index (χ1v) is 16.0. The summed E-state index contributed by atoms with van der Waals surface area (Å²) >= 11 is 0. The summed E-state index contributed by atoms with van der Waals surface area (Å²) in [6, 6.07) is 7.32. The Morgan fingerprint density at radius 1 is 0.833 bits per heavy atom. The molecule has 0 atom stereocenters. The first-order chi connectivity index (χ1) is 20.3. The van der Waals surface area contributed by atoms with Gasteiger partial charge in [-0.25, -0.2) is 0 Å². The van der Waals surface area contributed by atoms with Gasteiger partial charge in [-0.2, -0.15) is 0 Å². The van der Waals surface area contributed by atoms with Gasteiger partial charge in [-0.15, -0.1) is 0 Å². The number of aldehydes is 2. The zero-order valence-electron chi connectivity index (χ0n) is 26.7. The van der Waals surface area contributed by atoms with E-state index in [0.717, 1.165) is 49.7 Å². The molecule has 0 heterocycles. The van der Waals surface area contributed by atoms with Gasteiger partial charge in [0.1, 0.15) is 12.0 Å². The van der Waals surface area contributed by atoms with E-state index in [9.17, 15) is 4.79 Å². The average Bonchev–Trinajstić information content (AvgIpc) is 3.03. The first kappa shape index (κ1) is 37.7. The highest BCUT2D eigenvalue weighted by Crippen LogP contribution is 2.44. The van der Waals surface area contributed by atoms with E-state index in [-0.39, 0.29) is 18.5 Å². The summed E-state index contributed by atoms with van der Waals surface area (Å²) < 4.78 is 10.7. The van der Waals surface area contributed by atoms with Gasteiger partial charge in [0.2, 0.25) is 0 Å². The molecule has 2 aliphatic rings. The summed E-state index contributed by atoms with van der Waals surface area (Å²) in [5.41, 5.74) is 4.68. The Labute approximate surface area is 255 Å². The fourth-order valence-corrected chi connectivity index (χ4v) is 6.35. The molecule has 1 aromatic rings. The van der Waals surface area contributed by atoms with Crippen LogP contribution in [0.25, 0.3) is 0 Å².